The Hall–Kier alpha value is -2.54. The number of thiophene rings is 1. The van der Waals surface area contributed by atoms with Crippen LogP contribution in [0.4, 0.5) is 0 Å². The fraction of sp³-hybridized carbons (Fsp3) is 0.333. The summed E-state index contributed by atoms with van der Waals surface area (Å²) >= 11 is 1.65. The van der Waals surface area contributed by atoms with E-state index in [-0.39, 0.29) is 18.5 Å². The van der Waals surface area contributed by atoms with Crippen LogP contribution in [0.5, 0.6) is 0 Å². The van der Waals surface area contributed by atoms with Crippen molar-refractivity contribution in [2.24, 2.45) is 0 Å². The summed E-state index contributed by atoms with van der Waals surface area (Å²) in [7, 11) is 0. The van der Waals surface area contributed by atoms with Gasteiger partial charge in [0, 0.05) is 6.20 Å². The van der Waals surface area contributed by atoms with Gasteiger partial charge < -0.3 is 5.32 Å². The first-order chi connectivity index (χ1) is 12.0. The first-order valence-electron chi connectivity index (χ1n) is 8.13. The SMILES string of the molecule is Cc1nc(C)n(CC(=O)NC(Cc2ccsc2)c2ncccc2C)n1. The van der Waals surface area contributed by atoms with Gasteiger partial charge in [0.05, 0.1) is 11.7 Å². The number of aryl methyl sites for hydroxylation is 3. The molecule has 0 aromatic carbocycles. The molecule has 1 atom stereocenters. The smallest absolute Gasteiger partial charge is 0.242 e. The van der Waals surface area contributed by atoms with Crippen molar-refractivity contribution in [2.45, 2.75) is 39.8 Å². The standard InChI is InChI=1S/C18H21N5OS/c1-12-5-4-7-19-18(12)16(9-15-6-8-25-11-15)21-17(24)10-23-14(3)20-13(2)22-23/h4-8,11,16H,9-10H2,1-3H3,(H,21,24). The molecule has 0 fully saturated rings. The van der Waals surface area contributed by atoms with Crippen LogP contribution >= 0.6 is 11.3 Å². The van der Waals surface area contributed by atoms with Gasteiger partial charge in [-0.1, -0.05) is 6.07 Å². The van der Waals surface area contributed by atoms with Crippen molar-refractivity contribution in [3.05, 3.63) is 63.6 Å². The van der Waals surface area contributed by atoms with Gasteiger partial charge in [0.1, 0.15) is 18.2 Å². The van der Waals surface area contributed by atoms with E-state index in [1.807, 2.05) is 38.3 Å². The summed E-state index contributed by atoms with van der Waals surface area (Å²) in [5.74, 6) is 1.30. The number of carbonyl (C=O) groups excluding carboxylic acids is 1. The monoisotopic (exact) mass is 355 g/mol. The lowest BCUT2D eigenvalue weighted by Gasteiger charge is -2.20. The van der Waals surface area contributed by atoms with Crippen LogP contribution in [0.2, 0.25) is 0 Å². The third kappa shape index (κ3) is 4.30. The van der Waals surface area contributed by atoms with Gasteiger partial charge in [-0.25, -0.2) is 9.67 Å². The molecule has 25 heavy (non-hydrogen) atoms. The van der Waals surface area contributed by atoms with Crippen molar-refractivity contribution < 1.29 is 4.79 Å². The van der Waals surface area contributed by atoms with Crippen LogP contribution in [-0.2, 0) is 17.8 Å². The second kappa shape index (κ2) is 7.57. The molecule has 0 aliphatic heterocycles. The van der Waals surface area contributed by atoms with Crippen LogP contribution in [0, 0.1) is 20.8 Å². The highest BCUT2D eigenvalue weighted by atomic mass is 32.1. The summed E-state index contributed by atoms with van der Waals surface area (Å²) in [5, 5.41) is 11.5. The summed E-state index contributed by atoms with van der Waals surface area (Å²) < 4.78 is 1.62. The van der Waals surface area contributed by atoms with Gasteiger partial charge in [-0.3, -0.25) is 9.78 Å². The molecular formula is C18H21N5OS. The van der Waals surface area contributed by atoms with Crippen LogP contribution in [0.25, 0.3) is 0 Å². The number of nitrogens with zero attached hydrogens (tertiary/aromatic N) is 4. The molecule has 0 saturated carbocycles. The molecule has 3 rings (SSSR count). The van der Waals surface area contributed by atoms with E-state index in [2.05, 4.69) is 31.8 Å². The predicted molar refractivity (Wildman–Crippen MR) is 97.4 cm³/mol. The Bertz CT molecular complexity index is 856. The van der Waals surface area contributed by atoms with Crippen molar-refractivity contribution >= 4 is 17.2 Å². The molecule has 6 nitrogen and oxygen atoms in total. The number of rotatable bonds is 6. The molecule has 0 bridgehead atoms. The lowest BCUT2D eigenvalue weighted by molar-refractivity contribution is -0.122. The van der Waals surface area contributed by atoms with E-state index in [9.17, 15) is 4.79 Å². The number of hydrogen-bond acceptors (Lipinski definition) is 5. The predicted octanol–water partition coefficient (Wildman–Crippen LogP) is 2.76. The zero-order valence-electron chi connectivity index (χ0n) is 14.6. The molecule has 1 unspecified atom stereocenters. The normalized spacial score (nSPS) is 12.1. The van der Waals surface area contributed by atoms with Gasteiger partial charge in [-0.05, 0) is 61.2 Å². The first-order valence-corrected chi connectivity index (χ1v) is 9.07. The molecule has 3 heterocycles. The lowest BCUT2D eigenvalue weighted by atomic mass is 10.0. The van der Waals surface area contributed by atoms with E-state index in [4.69, 9.17) is 0 Å². The third-order valence-electron chi connectivity index (χ3n) is 3.99. The molecule has 1 amide bonds. The quantitative estimate of drug-likeness (QED) is 0.738. The van der Waals surface area contributed by atoms with E-state index in [1.165, 1.54) is 5.56 Å². The molecule has 0 aliphatic carbocycles. The number of carbonyl (C=O) groups is 1. The van der Waals surface area contributed by atoms with Crippen LogP contribution in [0.1, 0.15) is 34.5 Å². The maximum atomic E-state index is 12.6. The van der Waals surface area contributed by atoms with E-state index in [0.29, 0.717) is 12.2 Å². The fourth-order valence-corrected chi connectivity index (χ4v) is 3.49. The Morgan fingerprint density at radius 2 is 2.16 bits per heavy atom. The van der Waals surface area contributed by atoms with E-state index in [1.54, 1.807) is 22.2 Å². The minimum absolute atomic E-state index is 0.0988. The Labute approximate surface area is 150 Å². The van der Waals surface area contributed by atoms with Gasteiger partial charge >= 0.3 is 0 Å². The van der Waals surface area contributed by atoms with Crippen LogP contribution in [-0.4, -0.2) is 25.7 Å². The minimum Gasteiger partial charge on any atom is -0.346 e. The summed E-state index contributed by atoms with van der Waals surface area (Å²) in [6.07, 6.45) is 2.47. The topological polar surface area (TPSA) is 72.7 Å². The second-order valence-corrected chi connectivity index (χ2v) is 6.81. The number of hydrogen-bond donors (Lipinski definition) is 1. The second-order valence-electron chi connectivity index (χ2n) is 6.03. The lowest BCUT2D eigenvalue weighted by Crippen LogP contribution is -2.34. The van der Waals surface area contributed by atoms with E-state index >= 15 is 0 Å². The zero-order valence-corrected chi connectivity index (χ0v) is 15.4. The molecule has 130 valence electrons. The van der Waals surface area contributed by atoms with Gasteiger partial charge in [0.2, 0.25) is 5.91 Å². The Kier molecular flexibility index (Phi) is 5.23. The molecule has 0 radical (unpaired) electrons. The van der Waals surface area contributed by atoms with E-state index < -0.39 is 0 Å². The van der Waals surface area contributed by atoms with Crippen molar-refractivity contribution in [1.82, 2.24) is 25.1 Å². The van der Waals surface area contributed by atoms with Crippen molar-refractivity contribution in [1.29, 1.82) is 0 Å². The maximum absolute atomic E-state index is 12.6. The number of pyridine rings is 1. The fourth-order valence-electron chi connectivity index (χ4n) is 2.81. The van der Waals surface area contributed by atoms with Crippen molar-refractivity contribution in [2.75, 3.05) is 0 Å². The first kappa shape index (κ1) is 17.3. The third-order valence-corrected chi connectivity index (χ3v) is 4.72. The highest BCUT2D eigenvalue weighted by Crippen LogP contribution is 2.21. The zero-order chi connectivity index (χ0) is 17.8. The van der Waals surface area contributed by atoms with Gasteiger partial charge in [0.25, 0.3) is 0 Å². The van der Waals surface area contributed by atoms with Crippen molar-refractivity contribution in [3.63, 3.8) is 0 Å². The summed E-state index contributed by atoms with van der Waals surface area (Å²) in [4.78, 5) is 21.3. The number of amides is 1. The highest BCUT2D eigenvalue weighted by molar-refractivity contribution is 7.07. The molecule has 1 N–H and O–H groups in total. The highest BCUT2D eigenvalue weighted by Gasteiger charge is 2.19. The maximum Gasteiger partial charge on any atom is 0.242 e. The van der Waals surface area contributed by atoms with Crippen molar-refractivity contribution in [3.8, 4) is 0 Å². The summed E-state index contributed by atoms with van der Waals surface area (Å²) in [5.41, 5.74) is 3.15. The molecule has 3 aromatic heterocycles. The summed E-state index contributed by atoms with van der Waals surface area (Å²) in [6, 6.07) is 5.82. The average molecular weight is 355 g/mol. The molecule has 0 spiro atoms. The van der Waals surface area contributed by atoms with Crippen LogP contribution in [0.15, 0.2) is 35.2 Å². The van der Waals surface area contributed by atoms with Gasteiger partial charge in [0.15, 0.2) is 0 Å². The van der Waals surface area contributed by atoms with E-state index in [0.717, 1.165) is 17.1 Å². The van der Waals surface area contributed by atoms with Gasteiger partial charge in [-0.2, -0.15) is 16.4 Å². The molecule has 0 aliphatic rings. The molecule has 0 saturated heterocycles. The number of aromatic nitrogens is 4. The largest absolute Gasteiger partial charge is 0.346 e. The number of nitrogens with one attached hydrogen (secondary N) is 1. The Morgan fingerprint density at radius 3 is 2.80 bits per heavy atom. The molecule has 7 heteroatoms. The molecular weight excluding hydrogens is 334 g/mol. The summed E-state index contributed by atoms with van der Waals surface area (Å²) in [6.45, 7) is 5.83. The average Bonchev–Trinajstić information content (AvgIpc) is 3.17. The van der Waals surface area contributed by atoms with Crippen LogP contribution < -0.4 is 5.32 Å². The minimum atomic E-state index is -0.173. The van der Waals surface area contributed by atoms with Gasteiger partial charge in [-0.15, -0.1) is 0 Å². The Balaban J connectivity index is 1.78. The molecule has 3 aromatic rings. The Morgan fingerprint density at radius 1 is 1.32 bits per heavy atom. The van der Waals surface area contributed by atoms with Crippen LogP contribution in [0.3, 0.4) is 0 Å².